The van der Waals surface area contributed by atoms with E-state index in [4.69, 9.17) is 12.2 Å². The Hall–Kier alpha value is -3.97. The van der Waals surface area contributed by atoms with Crippen molar-refractivity contribution in [2.75, 3.05) is 11.9 Å². The summed E-state index contributed by atoms with van der Waals surface area (Å²) < 4.78 is 2.26. The second-order valence-electron chi connectivity index (χ2n) is 9.06. The van der Waals surface area contributed by atoms with Gasteiger partial charge in [0.2, 0.25) is 5.91 Å². The first-order valence-corrected chi connectivity index (χ1v) is 12.5. The van der Waals surface area contributed by atoms with Crippen LogP contribution in [0.4, 0.5) is 5.69 Å². The Kier molecular flexibility index (Phi) is 6.82. The van der Waals surface area contributed by atoms with Gasteiger partial charge in [0, 0.05) is 41.9 Å². The lowest BCUT2D eigenvalue weighted by Crippen LogP contribution is -2.33. The quantitative estimate of drug-likeness (QED) is 0.332. The molecule has 0 unspecified atom stereocenters. The third kappa shape index (κ3) is 4.88. The van der Waals surface area contributed by atoms with Crippen molar-refractivity contribution in [1.29, 1.82) is 0 Å². The van der Waals surface area contributed by atoms with Crippen molar-refractivity contribution < 1.29 is 4.79 Å². The zero-order chi connectivity index (χ0) is 25.1. The third-order valence-electron chi connectivity index (χ3n) is 6.50. The van der Waals surface area contributed by atoms with E-state index in [0.29, 0.717) is 18.1 Å². The number of rotatable bonds is 7. The number of carbonyl (C=O) groups excluding carboxylic acids is 1. The maximum absolute atomic E-state index is 12.9. The van der Waals surface area contributed by atoms with Gasteiger partial charge in [-0.15, -0.1) is 0 Å². The first kappa shape index (κ1) is 23.8. The number of carbonyl (C=O) groups is 1. The zero-order valence-corrected chi connectivity index (χ0v) is 21.2. The molecule has 36 heavy (non-hydrogen) atoms. The number of nitrogens with zero attached hydrogens (tertiary/aromatic N) is 3. The number of benzene rings is 2. The molecule has 0 radical (unpaired) electrons. The Labute approximate surface area is 217 Å². The minimum Gasteiger partial charge on any atom is -0.352 e. The number of hydrogen-bond acceptors (Lipinski definition) is 3. The standard InChI is InChI=1S/C29H29N5OS/c1-20-9-8-10-22(19-20)31-26(35)16-18-33-28(27(32-29(33)36)24-13-6-7-17-30-24)25-15-14-21(2)34(25)23-11-4-3-5-12-23/h3-15,17,19,27-28H,16,18H2,1-2H3,(H,31,35)(H,32,36)/t27-,28+/m0/s1. The monoisotopic (exact) mass is 495 g/mol. The van der Waals surface area contributed by atoms with E-state index in [2.05, 4.69) is 56.3 Å². The average Bonchev–Trinajstić information content (AvgIpc) is 3.42. The summed E-state index contributed by atoms with van der Waals surface area (Å²) in [6.07, 6.45) is 2.11. The van der Waals surface area contributed by atoms with Gasteiger partial charge < -0.3 is 20.1 Å². The topological polar surface area (TPSA) is 62.2 Å². The van der Waals surface area contributed by atoms with Crippen molar-refractivity contribution in [3.8, 4) is 5.69 Å². The summed E-state index contributed by atoms with van der Waals surface area (Å²) in [6, 6.07) is 28.1. The number of pyridine rings is 1. The lowest BCUT2D eigenvalue weighted by Gasteiger charge is -2.29. The molecule has 182 valence electrons. The Morgan fingerprint density at radius 3 is 2.56 bits per heavy atom. The van der Waals surface area contributed by atoms with Crippen LogP contribution in [0.5, 0.6) is 0 Å². The minimum atomic E-state index is -0.143. The van der Waals surface area contributed by atoms with Crippen molar-refractivity contribution in [2.24, 2.45) is 0 Å². The molecule has 2 atom stereocenters. The molecule has 1 aliphatic rings. The number of hydrogen-bond donors (Lipinski definition) is 2. The fraction of sp³-hybridized carbons (Fsp3) is 0.207. The average molecular weight is 496 g/mol. The van der Waals surface area contributed by atoms with Crippen LogP contribution in [0.1, 0.15) is 41.1 Å². The molecule has 4 aromatic rings. The van der Waals surface area contributed by atoms with E-state index in [-0.39, 0.29) is 18.0 Å². The molecule has 5 rings (SSSR count). The molecule has 1 aliphatic heterocycles. The molecule has 1 saturated heterocycles. The predicted molar refractivity (Wildman–Crippen MR) is 147 cm³/mol. The van der Waals surface area contributed by atoms with Gasteiger partial charge in [-0.2, -0.15) is 0 Å². The molecule has 2 N–H and O–H groups in total. The highest BCUT2D eigenvalue weighted by atomic mass is 32.1. The van der Waals surface area contributed by atoms with Crippen molar-refractivity contribution in [3.05, 3.63) is 114 Å². The van der Waals surface area contributed by atoms with Gasteiger partial charge in [0.25, 0.3) is 0 Å². The lowest BCUT2D eigenvalue weighted by atomic mass is 10.0. The second kappa shape index (κ2) is 10.3. The van der Waals surface area contributed by atoms with E-state index < -0.39 is 0 Å². The Morgan fingerprint density at radius 1 is 1.00 bits per heavy atom. The smallest absolute Gasteiger partial charge is 0.226 e. The molecule has 0 bridgehead atoms. The second-order valence-corrected chi connectivity index (χ2v) is 9.44. The van der Waals surface area contributed by atoms with Gasteiger partial charge in [-0.05, 0) is 80.2 Å². The number of anilines is 1. The van der Waals surface area contributed by atoms with Crippen LogP contribution in [-0.2, 0) is 4.79 Å². The summed E-state index contributed by atoms with van der Waals surface area (Å²) >= 11 is 5.81. The molecule has 3 heterocycles. The number of amides is 1. The first-order valence-electron chi connectivity index (χ1n) is 12.1. The number of aryl methyl sites for hydroxylation is 2. The van der Waals surface area contributed by atoms with Crippen molar-refractivity contribution in [3.63, 3.8) is 0 Å². The van der Waals surface area contributed by atoms with Crippen LogP contribution in [0, 0.1) is 13.8 Å². The summed E-state index contributed by atoms with van der Waals surface area (Å²) in [5, 5.41) is 7.12. The number of nitrogens with one attached hydrogen (secondary N) is 2. The Bertz CT molecular complexity index is 1370. The van der Waals surface area contributed by atoms with Crippen LogP contribution < -0.4 is 10.6 Å². The van der Waals surface area contributed by atoms with Crippen molar-refractivity contribution >= 4 is 28.9 Å². The molecule has 0 spiro atoms. The Morgan fingerprint density at radius 2 is 1.81 bits per heavy atom. The predicted octanol–water partition coefficient (Wildman–Crippen LogP) is 5.49. The summed E-state index contributed by atoms with van der Waals surface area (Å²) in [5.74, 6) is -0.0435. The molecule has 6 nitrogen and oxygen atoms in total. The fourth-order valence-corrected chi connectivity index (χ4v) is 5.19. The van der Waals surface area contributed by atoms with Gasteiger partial charge in [-0.3, -0.25) is 9.78 Å². The number of para-hydroxylation sites is 1. The van der Waals surface area contributed by atoms with Crippen LogP contribution in [0.15, 0.2) is 91.1 Å². The number of aromatic nitrogens is 2. The van der Waals surface area contributed by atoms with Gasteiger partial charge in [0.15, 0.2) is 5.11 Å². The van der Waals surface area contributed by atoms with Gasteiger partial charge in [0.05, 0.1) is 17.8 Å². The molecule has 0 saturated carbocycles. The van der Waals surface area contributed by atoms with Gasteiger partial charge in [0.1, 0.15) is 0 Å². The van der Waals surface area contributed by atoms with Crippen LogP contribution in [0.3, 0.4) is 0 Å². The van der Waals surface area contributed by atoms with Gasteiger partial charge >= 0.3 is 0 Å². The fourth-order valence-electron chi connectivity index (χ4n) is 4.86. The zero-order valence-electron chi connectivity index (χ0n) is 20.4. The molecular formula is C29H29N5OS. The molecule has 2 aromatic heterocycles. The molecule has 7 heteroatoms. The van der Waals surface area contributed by atoms with E-state index in [1.807, 2.05) is 67.6 Å². The van der Waals surface area contributed by atoms with E-state index >= 15 is 0 Å². The summed E-state index contributed by atoms with van der Waals surface area (Å²) in [4.78, 5) is 19.6. The van der Waals surface area contributed by atoms with E-state index in [9.17, 15) is 4.79 Å². The number of thiocarbonyl (C=S) groups is 1. The molecule has 1 fully saturated rings. The van der Waals surface area contributed by atoms with E-state index in [1.165, 1.54) is 0 Å². The molecule has 2 aromatic carbocycles. The summed E-state index contributed by atoms with van der Waals surface area (Å²) in [7, 11) is 0. The first-order chi connectivity index (χ1) is 17.5. The normalized spacial score (nSPS) is 17.2. The highest BCUT2D eigenvalue weighted by Crippen LogP contribution is 2.40. The van der Waals surface area contributed by atoms with Crippen LogP contribution in [-0.4, -0.2) is 32.0 Å². The lowest BCUT2D eigenvalue weighted by molar-refractivity contribution is -0.116. The highest BCUT2D eigenvalue weighted by molar-refractivity contribution is 7.80. The van der Waals surface area contributed by atoms with Crippen LogP contribution in [0.2, 0.25) is 0 Å². The summed E-state index contributed by atoms with van der Waals surface area (Å²) in [6.45, 7) is 4.60. The highest BCUT2D eigenvalue weighted by Gasteiger charge is 2.41. The van der Waals surface area contributed by atoms with Crippen LogP contribution >= 0.6 is 12.2 Å². The van der Waals surface area contributed by atoms with Crippen molar-refractivity contribution in [2.45, 2.75) is 32.4 Å². The van der Waals surface area contributed by atoms with Crippen LogP contribution in [0.25, 0.3) is 5.69 Å². The van der Waals surface area contributed by atoms with E-state index in [0.717, 1.165) is 34.0 Å². The minimum absolute atomic E-state index is 0.0435. The maximum atomic E-state index is 12.9. The maximum Gasteiger partial charge on any atom is 0.226 e. The largest absolute Gasteiger partial charge is 0.352 e. The summed E-state index contributed by atoms with van der Waals surface area (Å²) in [5.41, 5.74) is 6.14. The Balaban J connectivity index is 1.46. The third-order valence-corrected chi connectivity index (χ3v) is 6.86. The van der Waals surface area contributed by atoms with E-state index in [1.54, 1.807) is 6.20 Å². The molecule has 0 aliphatic carbocycles. The van der Waals surface area contributed by atoms with Gasteiger partial charge in [-0.1, -0.05) is 36.4 Å². The van der Waals surface area contributed by atoms with Crippen molar-refractivity contribution in [1.82, 2.24) is 19.8 Å². The molecule has 1 amide bonds. The van der Waals surface area contributed by atoms with Gasteiger partial charge in [-0.25, -0.2) is 0 Å². The SMILES string of the molecule is Cc1cccc(NC(=O)CCN2C(=S)N[C@@H](c3ccccn3)[C@H]2c2ccc(C)n2-c2ccccc2)c1. The molecular weight excluding hydrogens is 466 g/mol.